The average molecular weight is 351 g/mol. The molecule has 1 saturated carbocycles. The van der Waals surface area contributed by atoms with Crippen LogP contribution in [0.15, 0.2) is 18.2 Å². The lowest BCUT2D eigenvalue weighted by atomic mass is 9.71. The summed E-state index contributed by atoms with van der Waals surface area (Å²) in [5.41, 5.74) is 1.63. The summed E-state index contributed by atoms with van der Waals surface area (Å²) >= 11 is 6.03. The molecule has 0 heterocycles. The summed E-state index contributed by atoms with van der Waals surface area (Å²) in [6.45, 7) is 8.59. The Bertz CT molecular complexity index is 614. The number of hydrogen-bond donors (Lipinski definition) is 2. The SMILES string of the molecule is Cc1c(Cl)cccc1NC(=O)C(=O)NC1CCC(C(C)(C)C)CC1. The maximum Gasteiger partial charge on any atom is 0.313 e. The summed E-state index contributed by atoms with van der Waals surface area (Å²) in [6.07, 6.45) is 4.03. The van der Waals surface area contributed by atoms with Crippen LogP contribution in [0.25, 0.3) is 0 Å². The molecule has 2 rings (SSSR count). The van der Waals surface area contributed by atoms with Crippen molar-refractivity contribution in [2.75, 3.05) is 5.32 Å². The molecule has 132 valence electrons. The lowest BCUT2D eigenvalue weighted by molar-refractivity contribution is -0.136. The molecular weight excluding hydrogens is 324 g/mol. The molecule has 2 N–H and O–H groups in total. The molecule has 1 aromatic rings. The van der Waals surface area contributed by atoms with Crippen LogP contribution in [0.3, 0.4) is 0 Å². The molecule has 0 aromatic heterocycles. The van der Waals surface area contributed by atoms with E-state index in [0.29, 0.717) is 22.0 Å². The fraction of sp³-hybridized carbons (Fsp3) is 0.579. The monoisotopic (exact) mass is 350 g/mol. The van der Waals surface area contributed by atoms with Crippen molar-refractivity contribution in [3.8, 4) is 0 Å². The second-order valence-electron chi connectivity index (χ2n) is 7.75. The zero-order valence-corrected chi connectivity index (χ0v) is 15.7. The number of halogens is 1. The Morgan fingerprint density at radius 3 is 2.29 bits per heavy atom. The summed E-state index contributed by atoms with van der Waals surface area (Å²) in [5.74, 6) is -0.541. The Hall–Kier alpha value is -1.55. The van der Waals surface area contributed by atoms with Crippen molar-refractivity contribution in [1.29, 1.82) is 0 Å². The highest BCUT2D eigenvalue weighted by atomic mass is 35.5. The molecule has 1 aliphatic rings. The summed E-state index contributed by atoms with van der Waals surface area (Å²) in [5, 5.41) is 6.06. The van der Waals surface area contributed by atoms with Gasteiger partial charge in [0.25, 0.3) is 0 Å². The Labute approximate surface area is 149 Å². The molecule has 0 unspecified atom stereocenters. The van der Waals surface area contributed by atoms with Crippen molar-refractivity contribution >= 4 is 29.1 Å². The minimum Gasteiger partial charge on any atom is -0.345 e. The van der Waals surface area contributed by atoms with Crippen LogP contribution in [0.1, 0.15) is 52.0 Å². The number of anilines is 1. The standard InChI is InChI=1S/C19H27ClN2O2/c1-12-15(20)6-5-7-16(12)22-18(24)17(23)21-14-10-8-13(9-11-14)19(2,3)4/h5-7,13-14H,8-11H2,1-4H3,(H,21,23)(H,22,24). The second-order valence-corrected chi connectivity index (χ2v) is 8.16. The number of carbonyl (C=O) groups excluding carboxylic acids is 2. The molecule has 0 spiro atoms. The zero-order valence-electron chi connectivity index (χ0n) is 14.9. The quantitative estimate of drug-likeness (QED) is 0.781. The van der Waals surface area contributed by atoms with E-state index in [2.05, 4.69) is 31.4 Å². The van der Waals surface area contributed by atoms with E-state index in [-0.39, 0.29) is 6.04 Å². The minimum absolute atomic E-state index is 0.0855. The van der Waals surface area contributed by atoms with Crippen LogP contribution in [-0.2, 0) is 9.59 Å². The van der Waals surface area contributed by atoms with Gasteiger partial charge in [-0.15, -0.1) is 0 Å². The van der Waals surface area contributed by atoms with Gasteiger partial charge >= 0.3 is 11.8 Å². The molecule has 4 nitrogen and oxygen atoms in total. The average Bonchev–Trinajstić information content (AvgIpc) is 2.51. The highest BCUT2D eigenvalue weighted by Gasteiger charge is 2.31. The first kappa shape index (κ1) is 18.8. The number of rotatable bonds is 2. The van der Waals surface area contributed by atoms with Crippen molar-refractivity contribution in [1.82, 2.24) is 5.32 Å². The van der Waals surface area contributed by atoms with Crippen LogP contribution >= 0.6 is 11.6 Å². The molecule has 1 aliphatic carbocycles. The van der Waals surface area contributed by atoms with Crippen LogP contribution in [-0.4, -0.2) is 17.9 Å². The Balaban J connectivity index is 1.87. The molecule has 0 saturated heterocycles. The first-order valence-corrected chi connectivity index (χ1v) is 8.93. The molecule has 1 aromatic carbocycles. The van der Waals surface area contributed by atoms with Crippen molar-refractivity contribution in [2.24, 2.45) is 11.3 Å². The molecule has 0 bridgehead atoms. The van der Waals surface area contributed by atoms with E-state index in [1.54, 1.807) is 18.2 Å². The third kappa shape index (κ3) is 4.73. The van der Waals surface area contributed by atoms with Crippen LogP contribution in [0.2, 0.25) is 5.02 Å². The van der Waals surface area contributed by atoms with Gasteiger partial charge in [-0.2, -0.15) is 0 Å². The largest absolute Gasteiger partial charge is 0.345 e. The summed E-state index contributed by atoms with van der Waals surface area (Å²) in [4.78, 5) is 24.2. The smallest absolute Gasteiger partial charge is 0.313 e. The number of carbonyl (C=O) groups is 2. The molecule has 1 fully saturated rings. The molecule has 24 heavy (non-hydrogen) atoms. The maximum absolute atomic E-state index is 12.1. The van der Waals surface area contributed by atoms with Gasteiger partial charge < -0.3 is 10.6 Å². The maximum atomic E-state index is 12.1. The summed E-state index contributed by atoms with van der Waals surface area (Å²) < 4.78 is 0. The number of benzene rings is 1. The minimum atomic E-state index is -0.640. The first-order chi connectivity index (χ1) is 11.2. The third-order valence-electron chi connectivity index (χ3n) is 5.01. The van der Waals surface area contributed by atoms with Gasteiger partial charge in [0.15, 0.2) is 0 Å². The van der Waals surface area contributed by atoms with Gasteiger partial charge in [-0.3, -0.25) is 9.59 Å². The number of hydrogen-bond acceptors (Lipinski definition) is 2. The number of nitrogens with one attached hydrogen (secondary N) is 2. The topological polar surface area (TPSA) is 58.2 Å². The Kier molecular flexibility index (Phi) is 5.92. The fourth-order valence-corrected chi connectivity index (χ4v) is 3.45. The molecular formula is C19H27ClN2O2. The van der Waals surface area contributed by atoms with E-state index in [1.165, 1.54) is 0 Å². The Morgan fingerprint density at radius 2 is 1.71 bits per heavy atom. The molecule has 0 radical (unpaired) electrons. The second kappa shape index (κ2) is 7.56. The summed E-state index contributed by atoms with van der Waals surface area (Å²) in [7, 11) is 0. The van der Waals surface area contributed by atoms with Crippen molar-refractivity contribution in [2.45, 2.75) is 59.4 Å². The van der Waals surface area contributed by atoms with E-state index < -0.39 is 11.8 Å². The van der Waals surface area contributed by atoms with Gasteiger partial charge in [0.05, 0.1) is 0 Å². The molecule has 2 amide bonds. The zero-order chi connectivity index (χ0) is 17.9. The molecule has 0 aliphatic heterocycles. The summed E-state index contributed by atoms with van der Waals surface area (Å²) in [6, 6.07) is 5.32. The van der Waals surface area contributed by atoms with E-state index in [9.17, 15) is 9.59 Å². The highest BCUT2D eigenvalue weighted by Crippen LogP contribution is 2.37. The van der Waals surface area contributed by atoms with E-state index in [1.807, 2.05) is 6.92 Å². The van der Waals surface area contributed by atoms with Crippen molar-refractivity contribution in [3.63, 3.8) is 0 Å². The van der Waals surface area contributed by atoms with Gasteiger partial charge in [0, 0.05) is 16.8 Å². The van der Waals surface area contributed by atoms with Gasteiger partial charge in [-0.05, 0) is 61.6 Å². The molecule has 0 atom stereocenters. The van der Waals surface area contributed by atoms with Crippen molar-refractivity contribution < 1.29 is 9.59 Å². The van der Waals surface area contributed by atoms with E-state index in [4.69, 9.17) is 11.6 Å². The fourth-order valence-electron chi connectivity index (χ4n) is 3.28. The van der Waals surface area contributed by atoms with Gasteiger partial charge in [0.2, 0.25) is 0 Å². The predicted molar refractivity (Wildman–Crippen MR) is 98.2 cm³/mol. The van der Waals surface area contributed by atoms with E-state index in [0.717, 1.165) is 31.2 Å². The van der Waals surface area contributed by atoms with Crippen molar-refractivity contribution in [3.05, 3.63) is 28.8 Å². The van der Waals surface area contributed by atoms with Crippen LogP contribution < -0.4 is 10.6 Å². The lowest BCUT2D eigenvalue weighted by Gasteiger charge is -2.37. The van der Waals surface area contributed by atoms with Crippen LogP contribution in [0.5, 0.6) is 0 Å². The van der Waals surface area contributed by atoms with E-state index >= 15 is 0 Å². The first-order valence-electron chi connectivity index (χ1n) is 8.55. The van der Waals surface area contributed by atoms with Gasteiger partial charge in [-0.1, -0.05) is 38.4 Å². The predicted octanol–water partition coefficient (Wildman–Crippen LogP) is 4.31. The third-order valence-corrected chi connectivity index (χ3v) is 5.42. The van der Waals surface area contributed by atoms with Gasteiger partial charge in [-0.25, -0.2) is 0 Å². The number of amides is 2. The normalized spacial score (nSPS) is 21.2. The lowest BCUT2D eigenvalue weighted by Crippen LogP contribution is -2.44. The van der Waals surface area contributed by atoms with Crippen LogP contribution in [0.4, 0.5) is 5.69 Å². The Morgan fingerprint density at radius 1 is 1.08 bits per heavy atom. The van der Waals surface area contributed by atoms with Crippen LogP contribution in [0, 0.1) is 18.3 Å². The highest BCUT2D eigenvalue weighted by molar-refractivity contribution is 6.40. The molecule has 5 heteroatoms. The van der Waals surface area contributed by atoms with Gasteiger partial charge in [0.1, 0.15) is 0 Å².